The van der Waals surface area contributed by atoms with Crippen molar-refractivity contribution in [1.82, 2.24) is 5.32 Å². The molecule has 0 saturated carbocycles. The van der Waals surface area contributed by atoms with E-state index in [-0.39, 0.29) is 0 Å². The zero-order valence-corrected chi connectivity index (χ0v) is 15.9. The monoisotopic (exact) mass is 393 g/mol. The highest BCUT2D eigenvalue weighted by Gasteiger charge is 2.16. The molecule has 28 heavy (non-hydrogen) atoms. The van der Waals surface area contributed by atoms with Crippen LogP contribution in [0.4, 0.5) is 24.5 Å². The number of benzene rings is 2. The van der Waals surface area contributed by atoms with Crippen LogP contribution in [0.1, 0.15) is 31.1 Å². The fourth-order valence-electron chi connectivity index (χ4n) is 2.73. The number of hydrogen-bond acceptors (Lipinski definition) is 3. The molecule has 2 aromatic rings. The van der Waals surface area contributed by atoms with Gasteiger partial charge in [-0.1, -0.05) is 0 Å². The molecular weight excluding hydrogens is 371 g/mol. The Balaban J connectivity index is 1.95. The largest absolute Gasteiger partial charge is 0.369 e. The minimum Gasteiger partial charge on any atom is -0.369 e. The van der Waals surface area contributed by atoms with Crippen molar-refractivity contribution in [2.75, 3.05) is 23.3 Å². The lowest BCUT2D eigenvalue weighted by Crippen LogP contribution is -2.33. The van der Waals surface area contributed by atoms with E-state index in [0.29, 0.717) is 17.7 Å². The van der Waals surface area contributed by atoms with Gasteiger partial charge in [-0.2, -0.15) is 0 Å². The normalized spacial score (nSPS) is 10.7. The molecule has 0 bridgehead atoms. The van der Waals surface area contributed by atoms with Crippen LogP contribution in [-0.4, -0.2) is 30.9 Å². The first-order chi connectivity index (χ1) is 13.2. The first kappa shape index (κ1) is 21.3. The Hall–Kier alpha value is -3.03. The molecule has 0 aromatic heterocycles. The number of nitrogens with one attached hydrogen (secondary N) is 2. The number of hydrogen-bond donors (Lipinski definition) is 2. The van der Waals surface area contributed by atoms with Gasteiger partial charge in [-0.3, -0.25) is 9.59 Å². The molecule has 0 atom stereocenters. The second-order valence-electron chi connectivity index (χ2n) is 6.38. The van der Waals surface area contributed by atoms with Crippen molar-refractivity contribution in [1.29, 1.82) is 0 Å². The molecular formula is C20H22F3N3O2. The molecule has 8 heteroatoms. The summed E-state index contributed by atoms with van der Waals surface area (Å²) in [5.41, 5.74) is 0.826. The van der Waals surface area contributed by atoms with E-state index in [2.05, 4.69) is 29.4 Å². The molecule has 0 fully saturated rings. The van der Waals surface area contributed by atoms with Crippen LogP contribution >= 0.6 is 0 Å². The molecule has 0 spiro atoms. The summed E-state index contributed by atoms with van der Waals surface area (Å²) < 4.78 is 39.6. The highest BCUT2D eigenvalue weighted by Crippen LogP contribution is 2.20. The van der Waals surface area contributed by atoms with Crippen LogP contribution in [0.3, 0.4) is 0 Å². The fourth-order valence-corrected chi connectivity index (χ4v) is 2.73. The summed E-state index contributed by atoms with van der Waals surface area (Å²) >= 11 is 0. The summed E-state index contributed by atoms with van der Waals surface area (Å²) in [5, 5.41) is 4.48. The van der Waals surface area contributed by atoms with Crippen LogP contribution in [0, 0.1) is 17.5 Å². The lowest BCUT2D eigenvalue weighted by molar-refractivity contribution is -0.115. The van der Waals surface area contributed by atoms with Crippen LogP contribution < -0.4 is 15.5 Å². The molecule has 2 amide bonds. The highest BCUT2D eigenvalue weighted by molar-refractivity contribution is 5.99. The second kappa shape index (κ2) is 9.25. The Morgan fingerprint density at radius 2 is 1.64 bits per heavy atom. The maximum Gasteiger partial charge on any atom is 0.251 e. The van der Waals surface area contributed by atoms with Gasteiger partial charge < -0.3 is 15.5 Å². The summed E-state index contributed by atoms with van der Waals surface area (Å²) in [4.78, 5) is 26.2. The van der Waals surface area contributed by atoms with Gasteiger partial charge in [0.15, 0.2) is 17.5 Å². The van der Waals surface area contributed by atoms with E-state index in [1.54, 1.807) is 12.1 Å². The summed E-state index contributed by atoms with van der Waals surface area (Å²) in [6.45, 7) is 6.54. The van der Waals surface area contributed by atoms with Gasteiger partial charge in [0.2, 0.25) is 5.91 Å². The standard InChI is InChI=1S/C20H22F3N3O2/c1-4-26(12(2)3)14-7-5-13(6-8-14)20(28)24-11-17(27)25-16-10-9-15(21)18(22)19(16)23/h5-10,12H,4,11H2,1-3H3,(H,24,28)(H,25,27). The zero-order valence-electron chi connectivity index (χ0n) is 15.9. The van der Waals surface area contributed by atoms with Crippen LogP contribution in [0.5, 0.6) is 0 Å². The fraction of sp³-hybridized carbons (Fsp3) is 0.300. The summed E-state index contributed by atoms with van der Waals surface area (Å²) in [6.07, 6.45) is 0. The van der Waals surface area contributed by atoms with Crippen molar-refractivity contribution in [2.24, 2.45) is 0 Å². The van der Waals surface area contributed by atoms with E-state index in [1.807, 2.05) is 19.1 Å². The summed E-state index contributed by atoms with van der Waals surface area (Å²) in [6, 6.07) is 8.83. The Morgan fingerprint density at radius 1 is 1.00 bits per heavy atom. The molecule has 0 unspecified atom stereocenters. The summed E-state index contributed by atoms with van der Waals surface area (Å²) in [7, 11) is 0. The van der Waals surface area contributed by atoms with E-state index in [1.165, 1.54) is 0 Å². The molecule has 0 aliphatic heterocycles. The third-order valence-corrected chi connectivity index (χ3v) is 4.14. The zero-order chi connectivity index (χ0) is 20.8. The van der Waals surface area contributed by atoms with Crippen LogP contribution in [0.2, 0.25) is 0 Å². The van der Waals surface area contributed by atoms with Gasteiger partial charge in [0.1, 0.15) is 0 Å². The van der Waals surface area contributed by atoms with Crippen molar-refractivity contribution in [3.8, 4) is 0 Å². The molecule has 5 nitrogen and oxygen atoms in total. The van der Waals surface area contributed by atoms with Gasteiger partial charge in [0.05, 0.1) is 12.2 Å². The first-order valence-corrected chi connectivity index (χ1v) is 8.82. The minimum atomic E-state index is -1.68. The SMILES string of the molecule is CCN(c1ccc(C(=O)NCC(=O)Nc2ccc(F)c(F)c2F)cc1)C(C)C. The number of halogens is 3. The summed E-state index contributed by atoms with van der Waals surface area (Å²) in [5.74, 6) is -5.79. The van der Waals surface area contributed by atoms with Crippen molar-refractivity contribution in [3.63, 3.8) is 0 Å². The van der Waals surface area contributed by atoms with Crippen LogP contribution in [0.25, 0.3) is 0 Å². The molecule has 2 N–H and O–H groups in total. The number of rotatable bonds is 7. The Morgan fingerprint density at radius 3 is 2.21 bits per heavy atom. The van der Waals surface area contributed by atoms with Crippen molar-refractivity contribution < 1.29 is 22.8 Å². The smallest absolute Gasteiger partial charge is 0.251 e. The Labute approximate surface area is 161 Å². The van der Waals surface area contributed by atoms with E-state index >= 15 is 0 Å². The van der Waals surface area contributed by atoms with Gasteiger partial charge in [0.25, 0.3) is 5.91 Å². The number of carbonyl (C=O) groups is 2. The number of nitrogens with zero attached hydrogens (tertiary/aromatic N) is 1. The van der Waals surface area contributed by atoms with E-state index in [4.69, 9.17) is 0 Å². The maximum absolute atomic E-state index is 13.6. The van der Waals surface area contributed by atoms with Gasteiger partial charge in [-0.15, -0.1) is 0 Å². The third-order valence-electron chi connectivity index (χ3n) is 4.14. The lowest BCUT2D eigenvalue weighted by Gasteiger charge is -2.27. The van der Waals surface area contributed by atoms with Crippen molar-refractivity contribution in [3.05, 3.63) is 59.4 Å². The molecule has 0 aliphatic rings. The number of carbonyl (C=O) groups excluding carboxylic acids is 2. The minimum absolute atomic E-state index is 0.310. The predicted octanol–water partition coefficient (Wildman–Crippen LogP) is 3.71. The topological polar surface area (TPSA) is 61.4 Å². The highest BCUT2D eigenvalue weighted by atomic mass is 19.2. The average molecular weight is 393 g/mol. The van der Waals surface area contributed by atoms with Crippen LogP contribution in [0.15, 0.2) is 36.4 Å². The van der Waals surface area contributed by atoms with E-state index in [9.17, 15) is 22.8 Å². The second-order valence-corrected chi connectivity index (χ2v) is 6.38. The molecule has 0 saturated heterocycles. The van der Waals surface area contributed by atoms with Crippen LogP contribution in [-0.2, 0) is 4.79 Å². The third kappa shape index (κ3) is 5.03. The molecule has 150 valence electrons. The Kier molecular flexibility index (Phi) is 7.03. The number of anilines is 2. The average Bonchev–Trinajstić information content (AvgIpc) is 2.67. The van der Waals surface area contributed by atoms with Gasteiger partial charge in [-0.25, -0.2) is 13.2 Å². The maximum atomic E-state index is 13.6. The van der Waals surface area contributed by atoms with Gasteiger partial charge >= 0.3 is 0 Å². The molecule has 0 heterocycles. The molecule has 0 radical (unpaired) electrons. The van der Waals surface area contributed by atoms with Gasteiger partial charge in [0, 0.05) is 23.8 Å². The number of amides is 2. The quantitative estimate of drug-likeness (QED) is 0.705. The van der Waals surface area contributed by atoms with Crippen molar-refractivity contribution >= 4 is 23.2 Å². The van der Waals surface area contributed by atoms with Crippen molar-refractivity contribution in [2.45, 2.75) is 26.8 Å². The molecule has 0 aliphatic carbocycles. The van der Waals surface area contributed by atoms with E-state index in [0.717, 1.165) is 18.3 Å². The Bertz CT molecular complexity index is 855. The molecule has 2 rings (SSSR count). The predicted molar refractivity (Wildman–Crippen MR) is 102 cm³/mol. The van der Waals surface area contributed by atoms with E-state index < -0.39 is 41.5 Å². The molecule has 2 aromatic carbocycles. The lowest BCUT2D eigenvalue weighted by atomic mass is 10.1. The van der Waals surface area contributed by atoms with Gasteiger partial charge in [-0.05, 0) is 57.2 Å². The first-order valence-electron chi connectivity index (χ1n) is 8.82.